The average Bonchev–Trinajstić information content (AvgIpc) is 2.33. The van der Waals surface area contributed by atoms with Gasteiger partial charge in [0.15, 0.2) is 0 Å². The molecule has 0 aliphatic rings. The van der Waals surface area contributed by atoms with Crippen LogP contribution in [0.2, 0.25) is 0 Å². The molecule has 0 amide bonds. The average molecular weight is 229 g/mol. The van der Waals surface area contributed by atoms with Crippen molar-refractivity contribution in [3.63, 3.8) is 0 Å². The Morgan fingerprint density at radius 2 is 1.88 bits per heavy atom. The Kier molecular flexibility index (Phi) is 3.00. The van der Waals surface area contributed by atoms with Crippen molar-refractivity contribution >= 4 is 11.4 Å². The van der Waals surface area contributed by atoms with Crippen molar-refractivity contribution in [2.45, 2.75) is 6.42 Å². The first-order valence-corrected chi connectivity index (χ1v) is 5.09. The van der Waals surface area contributed by atoms with E-state index in [2.05, 4.69) is 4.98 Å². The summed E-state index contributed by atoms with van der Waals surface area (Å²) in [6, 6.07) is 10.6. The molecule has 0 atom stereocenters. The maximum absolute atomic E-state index is 10.5. The van der Waals surface area contributed by atoms with Crippen molar-refractivity contribution in [3.8, 4) is 0 Å². The molecule has 0 radical (unpaired) electrons. The van der Waals surface area contributed by atoms with Crippen LogP contribution in [-0.2, 0) is 6.42 Å². The number of nitrogens with zero attached hydrogens (tertiary/aromatic N) is 2. The second-order valence-corrected chi connectivity index (χ2v) is 3.68. The second-order valence-electron chi connectivity index (χ2n) is 3.68. The fraction of sp³-hybridized carbons (Fsp3) is 0.0833. The Morgan fingerprint density at radius 1 is 1.18 bits per heavy atom. The molecular weight excluding hydrogens is 218 g/mol. The van der Waals surface area contributed by atoms with Gasteiger partial charge in [-0.25, -0.2) is 0 Å². The number of hydrogen-bond donors (Lipinski definition) is 1. The largest absolute Gasteiger partial charge is 0.399 e. The van der Waals surface area contributed by atoms with E-state index in [1.54, 1.807) is 6.07 Å². The van der Waals surface area contributed by atoms with E-state index in [1.807, 2.05) is 24.3 Å². The van der Waals surface area contributed by atoms with Gasteiger partial charge in [-0.3, -0.25) is 15.1 Å². The fourth-order valence-electron chi connectivity index (χ4n) is 1.47. The summed E-state index contributed by atoms with van der Waals surface area (Å²) in [7, 11) is 0. The van der Waals surface area contributed by atoms with Gasteiger partial charge in [0.25, 0.3) is 5.69 Å². The van der Waals surface area contributed by atoms with E-state index in [0.29, 0.717) is 12.1 Å². The fourth-order valence-corrected chi connectivity index (χ4v) is 1.47. The molecule has 2 N–H and O–H groups in total. The number of benzene rings is 1. The van der Waals surface area contributed by atoms with E-state index >= 15 is 0 Å². The lowest BCUT2D eigenvalue weighted by molar-refractivity contribution is -0.385. The molecule has 0 aliphatic heterocycles. The molecule has 17 heavy (non-hydrogen) atoms. The third kappa shape index (κ3) is 2.78. The van der Waals surface area contributed by atoms with E-state index in [-0.39, 0.29) is 5.69 Å². The number of pyridine rings is 1. The van der Waals surface area contributed by atoms with Crippen molar-refractivity contribution in [2.75, 3.05) is 5.73 Å². The molecule has 1 aromatic carbocycles. The minimum Gasteiger partial charge on any atom is -0.399 e. The van der Waals surface area contributed by atoms with Crippen LogP contribution in [-0.4, -0.2) is 9.91 Å². The summed E-state index contributed by atoms with van der Waals surface area (Å²) in [5.41, 5.74) is 8.16. The number of anilines is 1. The van der Waals surface area contributed by atoms with Gasteiger partial charge in [-0.1, -0.05) is 12.1 Å². The van der Waals surface area contributed by atoms with Gasteiger partial charge in [0.05, 0.1) is 4.92 Å². The molecular formula is C12H11N3O2. The lowest BCUT2D eigenvalue weighted by Crippen LogP contribution is -1.95. The van der Waals surface area contributed by atoms with E-state index < -0.39 is 4.92 Å². The SMILES string of the molecule is Nc1ccc(Cc2ccc([N+](=O)[O-])cn2)cc1. The van der Waals surface area contributed by atoms with Crippen molar-refractivity contribution in [2.24, 2.45) is 0 Å². The van der Waals surface area contributed by atoms with Crippen molar-refractivity contribution in [3.05, 3.63) is 64.0 Å². The molecule has 0 saturated carbocycles. The summed E-state index contributed by atoms with van der Waals surface area (Å²) in [4.78, 5) is 14.0. The molecule has 0 saturated heterocycles. The summed E-state index contributed by atoms with van der Waals surface area (Å²) in [5.74, 6) is 0. The Balaban J connectivity index is 2.13. The highest BCUT2D eigenvalue weighted by Crippen LogP contribution is 2.13. The van der Waals surface area contributed by atoms with Crippen molar-refractivity contribution in [1.29, 1.82) is 0 Å². The standard InChI is InChI=1S/C12H11N3O2/c13-10-3-1-9(2-4-10)7-11-5-6-12(8-14-11)15(16)17/h1-6,8H,7,13H2. The Morgan fingerprint density at radius 3 is 2.41 bits per heavy atom. The second kappa shape index (κ2) is 4.61. The molecule has 0 spiro atoms. The lowest BCUT2D eigenvalue weighted by atomic mass is 10.1. The number of nitrogen functional groups attached to an aromatic ring is 1. The van der Waals surface area contributed by atoms with E-state index in [0.717, 1.165) is 11.3 Å². The van der Waals surface area contributed by atoms with Crippen LogP contribution in [0.3, 0.4) is 0 Å². The minimum absolute atomic E-state index is 0.00561. The number of nitro groups is 1. The smallest absolute Gasteiger partial charge is 0.287 e. The minimum atomic E-state index is -0.458. The van der Waals surface area contributed by atoms with E-state index in [1.165, 1.54) is 12.3 Å². The molecule has 2 aromatic rings. The zero-order valence-corrected chi connectivity index (χ0v) is 9.04. The van der Waals surface area contributed by atoms with Crippen LogP contribution < -0.4 is 5.73 Å². The molecule has 0 bridgehead atoms. The van der Waals surface area contributed by atoms with Crippen LogP contribution in [0.5, 0.6) is 0 Å². The number of hydrogen-bond acceptors (Lipinski definition) is 4. The van der Waals surface area contributed by atoms with Gasteiger partial charge < -0.3 is 5.73 Å². The molecule has 2 rings (SSSR count). The number of nitrogens with two attached hydrogens (primary N) is 1. The first kappa shape index (κ1) is 11.1. The topological polar surface area (TPSA) is 82.0 Å². The Bertz CT molecular complexity index is 520. The van der Waals surface area contributed by atoms with Gasteiger partial charge in [-0.05, 0) is 23.8 Å². The highest BCUT2D eigenvalue weighted by atomic mass is 16.6. The highest BCUT2D eigenvalue weighted by Gasteiger charge is 2.05. The maximum Gasteiger partial charge on any atom is 0.287 e. The van der Waals surface area contributed by atoms with Crippen LogP contribution in [0.4, 0.5) is 11.4 Å². The van der Waals surface area contributed by atoms with Gasteiger partial charge in [0, 0.05) is 23.9 Å². The monoisotopic (exact) mass is 229 g/mol. The molecule has 5 heteroatoms. The van der Waals surface area contributed by atoms with Crippen LogP contribution in [0, 0.1) is 10.1 Å². The van der Waals surface area contributed by atoms with Gasteiger partial charge in [0.2, 0.25) is 0 Å². The Hall–Kier alpha value is -2.43. The van der Waals surface area contributed by atoms with Crippen LogP contribution in [0.15, 0.2) is 42.6 Å². The molecule has 0 fully saturated rings. The van der Waals surface area contributed by atoms with Crippen molar-refractivity contribution in [1.82, 2.24) is 4.98 Å². The molecule has 86 valence electrons. The quantitative estimate of drug-likeness (QED) is 0.496. The van der Waals surface area contributed by atoms with Crippen LogP contribution in [0.25, 0.3) is 0 Å². The summed E-state index contributed by atoms with van der Waals surface area (Å²) in [6.07, 6.45) is 1.91. The Labute approximate surface area is 98.1 Å². The number of rotatable bonds is 3. The summed E-state index contributed by atoms with van der Waals surface area (Å²) >= 11 is 0. The maximum atomic E-state index is 10.5. The van der Waals surface area contributed by atoms with Gasteiger partial charge >= 0.3 is 0 Å². The van der Waals surface area contributed by atoms with Gasteiger partial charge in [-0.2, -0.15) is 0 Å². The van der Waals surface area contributed by atoms with Gasteiger partial charge in [0.1, 0.15) is 6.20 Å². The third-order valence-corrected chi connectivity index (χ3v) is 2.38. The third-order valence-electron chi connectivity index (χ3n) is 2.38. The first-order chi connectivity index (χ1) is 8.15. The number of aromatic nitrogens is 1. The highest BCUT2D eigenvalue weighted by molar-refractivity contribution is 5.40. The summed E-state index contributed by atoms with van der Waals surface area (Å²) in [6.45, 7) is 0. The lowest BCUT2D eigenvalue weighted by Gasteiger charge is -2.01. The summed E-state index contributed by atoms with van der Waals surface area (Å²) in [5, 5.41) is 10.5. The molecule has 0 aliphatic carbocycles. The van der Waals surface area contributed by atoms with E-state index in [9.17, 15) is 10.1 Å². The predicted octanol–water partition coefficient (Wildman–Crippen LogP) is 2.16. The normalized spacial score (nSPS) is 10.1. The summed E-state index contributed by atoms with van der Waals surface area (Å²) < 4.78 is 0. The predicted molar refractivity (Wildman–Crippen MR) is 64.6 cm³/mol. The first-order valence-electron chi connectivity index (χ1n) is 5.09. The molecule has 5 nitrogen and oxygen atoms in total. The van der Waals surface area contributed by atoms with Gasteiger partial charge in [-0.15, -0.1) is 0 Å². The van der Waals surface area contributed by atoms with E-state index in [4.69, 9.17) is 5.73 Å². The molecule has 1 aromatic heterocycles. The van der Waals surface area contributed by atoms with Crippen LogP contribution in [0.1, 0.15) is 11.3 Å². The zero-order valence-electron chi connectivity index (χ0n) is 9.04. The van der Waals surface area contributed by atoms with Crippen LogP contribution >= 0.6 is 0 Å². The molecule has 0 unspecified atom stereocenters. The zero-order chi connectivity index (χ0) is 12.3. The molecule has 1 heterocycles. The van der Waals surface area contributed by atoms with Crippen molar-refractivity contribution < 1.29 is 4.92 Å².